The summed E-state index contributed by atoms with van der Waals surface area (Å²) in [4.78, 5) is 30.5. The molecule has 2 heterocycles. The molecular weight excluding hydrogens is 439 g/mol. The Hall–Kier alpha value is -4.27. The van der Waals surface area contributed by atoms with Crippen LogP contribution in [0.2, 0.25) is 0 Å². The molecule has 4 aromatic rings. The number of carbonyl (C=O) groups excluding carboxylic acids is 1. The maximum absolute atomic E-state index is 13.5. The Morgan fingerprint density at radius 2 is 1.88 bits per heavy atom. The second kappa shape index (κ2) is 8.93. The molecule has 0 spiro atoms. The lowest BCUT2D eigenvalue weighted by atomic mass is 10.1. The summed E-state index contributed by atoms with van der Waals surface area (Å²) in [5, 5.41) is 14.4. The van der Waals surface area contributed by atoms with Crippen molar-refractivity contribution in [2.75, 3.05) is 23.3 Å². The molecule has 1 N–H and O–H groups in total. The van der Waals surface area contributed by atoms with Crippen LogP contribution in [0.15, 0.2) is 65.1 Å². The fraction of sp³-hybridized carbons (Fsp3) is 0.200. The molecule has 0 unspecified atom stereocenters. The van der Waals surface area contributed by atoms with E-state index in [2.05, 4.69) is 10.3 Å². The summed E-state index contributed by atoms with van der Waals surface area (Å²) in [6.07, 6.45) is 3.10. The van der Waals surface area contributed by atoms with E-state index in [4.69, 9.17) is 4.42 Å². The van der Waals surface area contributed by atoms with Gasteiger partial charge in [-0.05, 0) is 67.8 Å². The smallest absolute Gasteiger partial charge is 0.293 e. The average Bonchev–Trinajstić information content (AvgIpc) is 3.28. The first-order valence-electron chi connectivity index (χ1n) is 11.0. The van der Waals surface area contributed by atoms with Gasteiger partial charge in [-0.15, -0.1) is 0 Å². The first-order chi connectivity index (χ1) is 16.5. The van der Waals surface area contributed by atoms with Gasteiger partial charge in [0.15, 0.2) is 5.58 Å². The SMILES string of the molecule is O=C(Nc1ccc2oc(-c3cccc(F)c3)nc2c1)c1ccc(N2CCCCC2)c([N+](=O)[O-])c1. The molecule has 0 radical (unpaired) electrons. The van der Waals surface area contributed by atoms with Crippen LogP contribution in [0.1, 0.15) is 29.6 Å². The standard InChI is InChI=1S/C25H21FN4O4/c26-18-6-4-5-17(13-18)25-28-20-15-19(8-10-23(20)34-25)27-24(31)16-7-9-21(22(14-16)30(32)33)29-11-2-1-3-12-29/h4-10,13-15H,1-3,11-12H2,(H,27,31). The van der Waals surface area contributed by atoms with Crippen molar-refractivity contribution in [1.29, 1.82) is 0 Å². The van der Waals surface area contributed by atoms with Gasteiger partial charge in [-0.1, -0.05) is 6.07 Å². The third kappa shape index (κ3) is 4.32. The van der Waals surface area contributed by atoms with E-state index in [0.717, 1.165) is 32.4 Å². The Balaban J connectivity index is 1.38. The van der Waals surface area contributed by atoms with Crippen LogP contribution < -0.4 is 10.2 Å². The molecular formula is C25H21FN4O4. The number of piperidine rings is 1. The van der Waals surface area contributed by atoms with Crippen molar-refractivity contribution in [3.05, 3.63) is 82.2 Å². The normalized spacial score (nSPS) is 13.7. The first-order valence-corrected chi connectivity index (χ1v) is 11.0. The molecule has 0 bridgehead atoms. The quantitative estimate of drug-likeness (QED) is 0.299. The highest BCUT2D eigenvalue weighted by molar-refractivity contribution is 6.05. The van der Waals surface area contributed by atoms with E-state index < -0.39 is 16.6 Å². The lowest BCUT2D eigenvalue weighted by Gasteiger charge is -2.28. The van der Waals surface area contributed by atoms with Crippen LogP contribution in [0.5, 0.6) is 0 Å². The summed E-state index contributed by atoms with van der Waals surface area (Å²) in [7, 11) is 0. The summed E-state index contributed by atoms with van der Waals surface area (Å²) >= 11 is 0. The van der Waals surface area contributed by atoms with Gasteiger partial charge in [-0.25, -0.2) is 9.37 Å². The summed E-state index contributed by atoms with van der Waals surface area (Å²) in [6, 6.07) is 15.4. The lowest BCUT2D eigenvalue weighted by Crippen LogP contribution is -2.30. The largest absolute Gasteiger partial charge is 0.436 e. The van der Waals surface area contributed by atoms with Gasteiger partial charge in [0, 0.05) is 36.0 Å². The van der Waals surface area contributed by atoms with E-state index in [0.29, 0.717) is 28.0 Å². The molecule has 3 aromatic carbocycles. The topological polar surface area (TPSA) is 102 Å². The van der Waals surface area contributed by atoms with Gasteiger partial charge in [0.2, 0.25) is 5.89 Å². The molecule has 9 heteroatoms. The minimum Gasteiger partial charge on any atom is -0.436 e. The van der Waals surface area contributed by atoms with E-state index >= 15 is 0 Å². The van der Waals surface area contributed by atoms with E-state index in [1.165, 1.54) is 18.2 Å². The summed E-state index contributed by atoms with van der Waals surface area (Å²) in [6.45, 7) is 1.53. The van der Waals surface area contributed by atoms with Crippen LogP contribution in [0.3, 0.4) is 0 Å². The number of anilines is 2. The van der Waals surface area contributed by atoms with Crippen LogP contribution in [0.4, 0.5) is 21.5 Å². The van der Waals surface area contributed by atoms with Crippen molar-refractivity contribution in [3.63, 3.8) is 0 Å². The minimum atomic E-state index is -0.471. The van der Waals surface area contributed by atoms with Crippen molar-refractivity contribution in [3.8, 4) is 11.5 Å². The number of nitro benzene ring substituents is 1. The Kier molecular flexibility index (Phi) is 5.67. The van der Waals surface area contributed by atoms with Crippen molar-refractivity contribution in [2.24, 2.45) is 0 Å². The van der Waals surface area contributed by atoms with Crippen LogP contribution in [0.25, 0.3) is 22.6 Å². The highest BCUT2D eigenvalue weighted by Crippen LogP contribution is 2.32. The summed E-state index contributed by atoms with van der Waals surface area (Å²) in [5.74, 6) is -0.600. The van der Waals surface area contributed by atoms with Gasteiger partial charge in [0.05, 0.1) is 4.92 Å². The minimum absolute atomic E-state index is 0.0822. The number of amides is 1. The zero-order valence-corrected chi connectivity index (χ0v) is 18.2. The number of nitrogens with one attached hydrogen (secondary N) is 1. The van der Waals surface area contributed by atoms with Crippen molar-refractivity contribution in [1.82, 2.24) is 4.98 Å². The highest BCUT2D eigenvalue weighted by Gasteiger charge is 2.23. The Morgan fingerprint density at radius 3 is 2.65 bits per heavy atom. The van der Waals surface area contributed by atoms with E-state index in [9.17, 15) is 19.3 Å². The molecule has 1 saturated heterocycles. The molecule has 0 aliphatic carbocycles. The summed E-state index contributed by atoms with van der Waals surface area (Å²) < 4.78 is 19.2. The number of nitrogens with zero attached hydrogens (tertiary/aromatic N) is 3. The zero-order chi connectivity index (χ0) is 23.7. The molecule has 0 atom stereocenters. The van der Waals surface area contributed by atoms with Crippen molar-refractivity contribution in [2.45, 2.75) is 19.3 Å². The zero-order valence-electron chi connectivity index (χ0n) is 18.2. The molecule has 1 aromatic heterocycles. The lowest BCUT2D eigenvalue weighted by molar-refractivity contribution is -0.384. The maximum Gasteiger partial charge on any atom is 0.293 e. The fourth-order valence-electron chi connectivity index (χ4n) is 4.17. The molecule has 1 aliphatic heterocycles. The number of oxazole rings is 1. The monoisotopic (exact) mass is 460 g/mol. The Morgan fingerprint density at radius 1 is 1.06 bits per heavy atom. The Bertz CT molecular complexity index is 1390. The molecule has 1 fully saturated rings. The number of nitro groups is 1. The van der Waals surface area contributed by atoms with Gasteiger partial charge in [-0.3, -0.25) is 14.9 Å². The molecule has 0 saturated carbocycles. The number of benzene rings is 3. The number of rotatable bonds is 5. The third-order valence-corrected chi connectivity index (χ3v) is 5.85. The highest BCUT2D eigenvalue weighted by atomic mass is 19.1. The number of aromatic nitrogens is 1. The van der Waals surface area contributed by atoms with Gasteiger partial charge in [0.25, 0.3) is 11.6 Å². The number of hydrogen-bond acceptors (Lipinski definition) is 6. The van der Waals surface area contributed by atoms with Gasteiger partial charge >= 0.3 is 0 Å². The maximum atomic E-state index is 13.5. The predicted molar refractivity (Wildman–Crippen MR) is 127 cm³/mol. The molecule has 5 rings (SSSR count). The summed E-state index contributed by atoms with van der Waals surface area (Å²) in [5.41, 5.74) is 2.58. The van der Waals surface area contributed by atoms with Crippen LogP contribution >= 0.6 is 0 Å². The van der Waals surface area contributed by atoms with Gasteiger partial charge in [0.1, 0.15) is 17.0 Å². The fourth-order valence-corrected chi connectivity index (χ4v) is 4.17. The van der Waals surface area contributed by atoms with Crippen LogP contribution in [-0.2, 0) is 0 Å². The second-order valence-corrected chi connectivity index (χ2v) is 8.17. The predicted octanol–water partition coefficient (Wildman–Crippen LogP) is 5.78. The third-order valence-electron chi connectivity index (χ3n) is 5.85. The van der Waals surface area contributed by atoms with E-state index in [1.807, 2.05) is 4.90 Å². The number of fused-ring (bicyclic) bond motifs is 1. The van der Waals surface area contributed by atoms with Crippen LogP contribution in [0, 0.1) is 15.9 Å². The number of carbonyl (C=O) groups is 1. The first kappa shape index (κ1) is 21.6. The van der Waals surface area contributed by atoms with E-state index in [1.54, 1.807) is 42.5 Å². The average molecular weight is 460 g/mol. The van der Waals surface area contributed by atoms with Gasteiger partial charge < -0.3 is 14.6 Å². The van der Waals surface area contributed by atoms with Crippen LogP contribution in [-0.4, -0.2) is 28.9 Å². The molecule has 8 nitrogen and oxygen atoms in total. The van der Waals surface area contributed by atoms with Gasteiger partial charge in [-0.2, -0.15) is 0 Å². The molecule has 172 valence electrons. The molecule has 1 amide bonds. The van der Waals surface area contributed by atoms with Crippen molar-refractivity contribution >= 4 is 34.1 Å². The second-order valence-electron chi connectivity index (χ2n) is 8.17. The number of hydrogen-bond donors (Lipinski definition) is 1. The molecule has 1 aliphatic rings. The van der Waals surface area contributed by atoms with Crippen molar-refractivity contribution < 1.29 is 18.5 Å². The molecule has 34 heavy (non-hydrogen) atoms. The number of halogens is 1. The van der Waals surface area contributed by atoms with E-state index in [-0.39, 0.29) is 17.1 Å². The Labute approximate surface area is 194 Å².